The zero-order valence-electron chi connectivity index (χ0n) is 13.3. The number of carbonyl (C=O) groups is 1. The van der Waals surface area contributed by atoms with E-state index in [2.05, 4.69) is 4.98 Å². The van der Waals surface area contributed by atoms with Crippen LogP contribution in [-0.4, -0.2) is 29.2 Å². The maximum absolute atomic E-state index is 12.5. The molecule has 6 nitrogen and oxygen atoms in total. The monoisotopic (exact) mass is 344 g/mol. The van der Waals surface area contributed by atoms with Crippen molar-refractivity contribution in [2.75, 3.05) is 13.7 Å². The van der Waals surface area contributed by atoms with Crippen molar-refractivity contribution in [1.82, 2.24) is 9.55 Å². The minimum absolute atomic E-state index is 0.134. The molecule has 0 saturated heterocycles. The fourth-order valence-electron chi connectivity index (χ4n) is 2.38. The van der Waals surface area contributed by atoms with Gasteiger partial charge >= 0.3 is 5.97 Å². The first-order valence-electron chi connectivity index (χ1n) is 7.40. The lowest BCUT2D eigenvalue weighted by molar-refractivity contribution is -0.143. The van der Waals surface area contributed by atoms with Gasteiger partial charge in [0.1, 0.15) is 17.0 Å². The van der Waals surface area contributed by atoms with E-state index in [9.17, 15) is 9.59 Å². The van der Waals surface area contributed by atoms with Crippen LogP contribution in [0, 0.1) is 0 Å². The van der Waals surface area contributed by atoms with Crippen molar-refractivity contribution in [2.45, 2.75) is 13.5 Å². The van der Waals surface area contributed by atoms with Crippen molar-refractivity contribution in [3.63, 3.8) is 0 Å². The zero-order chi connectivity index (χ0) is 17.1. The average Bonchev–Trinajstić information content (AvgIpc) is 3.02. The number of fused-ring (bicyclic) bond motifs is 1. The Labute approximate surface area is 142 Å². The number of thiophene rings is 1. The quantitative estimate of drug-likeness (QED) is 0.666. The van der Waals surface area contributed by atoms with Gasteiger partial charge in [-0.1, -0.05) is 12.1 Å². The second-order valence-electron chi connectivity index (χ2n) is 5.04. The highest BCUT2D eigenvalue weighted by molar-refractivity contribution is 7.17. The summed E-state index contributed by atoms with van der Waals surface area (Å²) in [5.41, 5.74) is 2.24. The van der Waals surface area contributed by atoms with E-state index >= 15 is 0 Å². The lowest BCUT2D eigenvalue weighted by Crippen LogP contribution is -2.25. The summed E-state index contributed by atoms with van der Waals surface area (Å²) in [6.07, 6.45) is 1.39. The summed E-state index contributed by atoms with van der Waals surface area (Å²) in [4.78, 5) is 28.5. The molecule has 0 fully saturated rings. The van der Waals surface area contributed by atoms with Crippen LogP contribution in [0.25, 0.3) is 21.3 Å². The van der Waals surface area contributed by atoms with Crippen LogP contribution in [0.1, 0.15) is 6.92 Å². The minimum atomic E-state index is -0.451. The van der Waals surface area contributed by atoms with Crippen LogP contribution < -0.4 is 10.3 Å². The third-order valence-electron chi connectivity index (χ3n) is 3.55. The molecule has 124 valence electrons. The van der Waals surface area contributed by atoms with E-state index in [0.717, 1.165) is 16.9 Å². The summed E-state index contributed by atoms with van der Waals surface area (Å²) < 4.78 is 11.8. The molecular formula is C17H16N2O4S. The van der Waals surface area contributed by atoms with E-state index < -0.39 is 5.97 Å². The molecule has 0 aliphatic heterocycles. The summed E-state index contributed by atoms with van der Waals surface area (Å²) in [5.74, 6) is 0.315. The molecule has 0 saturated carbocycles. The summed E-state index contributed by atoms with van der Waals surface area (Å²) in [6, 6.07) is 7.57. The minimum Gasteiger partial charge on any atom is -0.497 e. The predicted molar refractivity (Wildman–Crippen MR) is 92.5 cm³/mol. The number of methoxy groups -OCH3 is 1. The maximum Gasteiger partial charge on any atom is 0.326 e. The second kappa shape index (κ2) is 6.84. The fraction of sp³-hybridized carbons (Fsp3) is 0.235. The highest BCUT2D eigenvalue weighted by atomic mass is 32.1. The molecule has 0 aliphatic carbocycles. The Balaban J connectivity index is 1.99. The predicted octanol–water partition coefficient (Wildman–Crippen LogP) is 2.70. The number of aromatic nitrogens is 2. The van der Waals surface area contributed by atoms with Crippen molar-refractivity contribution in [1.29, 1.82) is 0 Å². The number of ether oxygens (including phenoxy) is 2. The zero-order valence-corrected chi connectivity index (χ0v) is 14.1. The lowest BCUT2D eigenvalue weighted by Gasteiger charge is -2.05. The van der Waals surface area contributed by atoms with Crippen molar-refractivity contribution < 1.29 is 14.3 Å². The molecular weight excluding hydrogens is 328 g/mol. The Bertz CT molecular complexity index is 928. The summed E-state index contributed by atoms with van der Waals surface area (Å²) in [5, 5.41) is 1.90. The Kier molecular flexibility index (Phi) is 4.61. The van der Waals surface area contributed by atoms with Crippen LogP contribution in [0.4, 0.5) is 0 Å². The van der Waals surface area contributed by atoms with E-state index in [1.54, 1.807) is 14.0 Å². The SMILES string of the molecule is CCOC(=O)Cn1cnc2c(-c3ccc(OC)cc3)csc2c1=O. The van der Waals surface area contributed by atoms with Gasteiger partial charge in [-0.2, -0.15) is 0 Å². The summed E-state index contributed by atoms with van der Waals surface area (Å²) >= 11 is 1.32. The van der Waals surface area contributed by atoms with E-state index in [1.807, 2.05) is 29.6 Å². The topological polar surface area (TPSA) is 70.4 Å². The number of hydrogen-bond donors (Lipinski definition) is 0. The van der Waals surface area contributed by atoms with Gasteiger partial charge in [0.15, 0.2) is 0 Å². The van der Waals surface area contributed by atoms with Gasteiger partial charge in [0.05, 0.1) is 25.6 Å². The Morgan fingerprint density at radius 2 is 2.04 bits per heavy atom. The molecule has 0 amide bonds. The number of esters is 1. The van der Waals surface area contributed by atoms with Gasteiger partial charge in [0.2, 0.25) is 0 Å². The normalized spacial score (nSPS) is 10.8. The molecule has 0 atom stereocenters. The Morgan fingerprint density at radius 3 is 2.71 bits per heavy atom. The van der Waals surface area contributed by atoms with Gasteiger partial charge in [0, 0.05) is 10.9 Å². The second-order valence-corrected chi connectivity index (χ2v) is 5.92. The van der Waals surface area contributed by atoms with Gasteiger partial charge < -0.3 is 9.47 Å². The van der Waals surface area contributed by atoms with Crippen molar-refractivity contribution >= 4 is 27.5 Å². The molecule has 0 radical (unpaired) electrons. The number of carbonyl (C=O) groups excluding carboxylic acids is 1. The largest absolute Gasteiger partial charge is 0.497 e. The third-order valence-corrected chi connectivity index (χ3v) is 4.51. The van der Waals surface area contributed by atoms with Gasteiger partial charge in [0.25, 0.3) is 5.56 Å². The first-order chi connectivity index (χ1) is 11.6. The molecule has 0 unspecified atom stereocenters. The van der Waals surface area contributed by atoms with Gasteiger partial charge in [-0.3, -0.25) is 14.2 Å². The van der Waals surface area contributed by atoms with Crippen molar-refractivity contribution in [3.8, 4) is 16.9 Å². The Hall–Kier alpha value is -2.67. The lowest BCUT2D eigenvalue weighted by atomic mass is 10.1. The van der Waals surface area contributed by atoms with Crippen LogP contribution in [0.3, 0.4) is 0 Å². The molecule has 2 aromatic heterocycles. The van der Waals surface area contributed by atoms with E-state index in [1.165, 1.54) is 22.2 Å². The molecule has 1 aromatic carbocycles. The maximum atomic E-state index is 12.5. The highest BCUT2D eigenvalue weighted by Gasteiger charge is 2.14. The van der Waals surface area contributed by atoms with Gasteiger partial charge in [-0.15, -0.1) is 11.3 Å². The van der Waals surface area contributed by atoms with Crippen LogP contribution in [0.5, 0.6) is 5.75 Å². The van der Waals surface area contributed by atoms with Crippen LogP contribution in [0.15, 0.2) is 40.8 Å². The average molecular weight is 344 g/mol. The van der Waals surface area contributed by atoms with Crippen molar-refractivity contribution in [3.05, 3.63) is 46.3 Å². The van der Waals surface area contributed by atoms with Crippen LogP contribution in [-0.2, 0) is 16.1 Å². The standard InChI is InChI=1S/C17H16N2O4S/c1-3-23-14(20)8-19-10-18-15-13(9-24-16(15)17(19)21)11-4-6-12(22-2)7-5-11/h4-7,9-10H,3,8H2,1-2H3. The van der Waals surface area contributed by atoms with E-state index in [4.69, 9.17) is 9.47 Å². The number of hydrogen-bond acceptors (Lipinski definition) is 6. The summed E-state index contributed by atoms with van der Waals surface area (Å²) in [6.45, 7) is 1.87. The highest BCUT2D eigenvalue weighted by Crippen LogP contribution is 2.31. The number of nitrogens with zero attached hydrogens (tertiary/aromatic N) is 2. The Morgan fingerprint density at radius 1 is 1.29 bits per heavy atom. The van der Waals surface area contributed by atoms with Crippen LogP contribution >= 0.6 is 11.3 Å². The van der Waals surface area contributed by atoms with Gasteiger partial charge in [-0.05, 0) is 24.6 Å². The fourth-order valence-corrected chi connectivity index (χ4v) is 3.35. The van der Waals surface area contributed by atoms with E-state index in [-0.39, 0.29) is 18.7 Å². The third kappa shape index (κ3) is 3.03. The first-order valence-corrected chi connectivity index (χ1v) is 8.28. The number of rotatable bonds is 5. The molecule has 3 aromatic rings. The first kappa shape index (κ1) is 16.2. The molecule has 24 heavy (non-hydrogen) atoms. The van der Waals surface area contributed by atoms with E-state index in [0.29, 0.717) is 10.2 Å². The molecule has 0 aliphatic rings. The molecule has 2 heterocycles. The van der Waals surface area contributed by atoms with Crippen LogP contribution in [0.2, 0.25) is 0 Å². The molecule has 0 N–H and O–H groups in total. The number of benzene rings is 1. The molecule has 3 rings (SSSR count). The molecule has 7 heteroatoms. The molecule has 0 bridgehead atoms. The van der Waals surface area contributed by atoms with Crippen molar-refractivity contribution in [2.24, 2.45) is 0 Å². The molecule has 0 spiro atoms. The van der Waals surface area contributed by atoms with Gasteiger partial charge in [-0.25, -0.2) is 4.98 Å². The summed E-state index contributed by atoms with van der Waals surface area (Å²) in [7, 11) is 1.61. The smallest absolute Gasteiger partial charge is 0.326 e.